The highest BCUT2D eigenvalue weighted by molar-refractivity contribution is 5.77. The number of rotatable bonds is 2. The fourth-order valence-corrected chi connectivity index (χ4v) is 2.69. The lowest BCUT2D eigenvalue weighted by molar-refractivity contribution is 0.584. The highest BCUT2D eigenvalue weighted by Crippen LogP contribution is 2.26. The van der Waals surface area contributed by atoms with E-state index in [1.54, 1.807) is 0 Å². The molecule has 3 nitrogen and oxygen atoms in total. The van der Waals surface area contributed by atoms with Crippen molar-refractivity contribution in [1.29, 1.82) is 0 Å². The lowest BCUT2D eigenvalue weighted by Crippen LogP contribution is -2.16. The van der Waals surface area contributed by atoms with Gasteiger partial charge in [0.05, 0.1) is 17.1 Å². The summed E-state index contributed by atoms with van der Waals surface area (Å²) in [4.78, 5) is 4.77. The molecule has 1 saturated heterocycles. The van der Waals surface area contributed by atoms with Gasteiger partial charge >= 0.3 is 0 Å². The first kappa shape index (κ1) is 10.8. The largest absolute Gasteiger partial charge is 0.330 e. The molecular weight excluding hydrogens is 210 g/mol. The van der Waals surface area contributed by atoms with Crippen LogP contribution in [0.1, 0.15) is 37.2 Å². The third-order valence-corrected chi connectivity index (χ3v) is 3.76. The second-order valence-electron chi connectivity index (χ2n) is 4.85. The van der Waals surface area contributed by atoms with Crippen LogP contribution in [-0.4, -0.2) is 16.1 Å². The van der Waals surface area contributed by atoms with Gasteiger partial charge in [0.1, 0.15) is 5.82 Å². The summed E-state index contributed by atoms with van der Waals surface area (Å²) in [6, 6.07) is 7.03. The molecule has 0 saturated carbocycles. The topological polar surface area (TPSA) is 29.9 Å². The zero-order valence-electron chi connectivity index (χ0n) is 10.5. The summed E-state index contributed by atoms with van der Waals surface area (Å²) in [6.07, 6.45) is 3.55. The number of fused-ring (bicyclic) bond motifs is 1. The van der Waals surface area contributed by atoms with Gasteiger partial charge in [-0.1, -0.05) is 13.0 Å². The van der Waals surface area contributed by atoms with Crippen LogP contribution in [0, 0.1) is 0 Å². The van der Waals surface area contributed by atoms with Crippen LogP contribution in [0.3, 0.4) is 0 Å². The Morgan fingerprint density at radius 1 is 1.47 bits per heavy atom. The van der Waals surface area contributed by atoms with Crippen LogP contribution >= 0.6 is 0 Å². The van der Waals surface area contributed by atoms with E-state index in [1.807, 2.05) is 0 Å². The van der Waals surface area contributed by atoms with Gasteiger partial charge in [-0.25, -0.2) is 4.98 Å². The number of nitrogens with one attached hydrogen (secondary N) is 1. The molecule has 0 spiro atoms. The lowest BCUT2D eigenvalue weighted by atomic mass is 10.1. The summed E-state index contributed by atoms with van der Waals surface area (Å²) in [5.41, 5.74) is 3.76. The number of aryl methyl sites for hydroxylation is 2. The van der Waals surface area contributed by atoms with E-state index in [-0.39, 0.29) is 0 Å². The van der Waals surface area contributed by atoms with Crippen molar-refractivity contribution in [3.8, 4) is 0 Å². The van der Waals surface area contributed by atoms with Crippen LogP contribution in [0.15, 0.2) is 18.2 Å². The lowest BCUT2D eigenvalue weighted by Gasteiger charge is -2.09. The molecule has 3 rings (SSSR count). The predicted octanol–water partition coefficient (Wildman–Crippen LogP) is 2.56. The molecule has 1 aliphatic heterocycles. The molecule has 1 aromatic heterocycles. The Hall–Kier alpha value is -1.35. The van der Waals surface area contributed by atoms with Crippen LogP contribution in [0.5, 0.6) is 0 Å². The van der Waals surface area contributed by atoms with Gasteiger partial charge in [0.15, 0.2) is 0 Å². The van der Waals surface area contributed by atoms with E-state index >= 15 is 0 Å². The predicted molar refractivity (Wildman–Crippen MR) is 70.1 cm³/mol. The number of nitrogens with zero attached hydrogens (tertiary/aromatic N) is 2. The van der Waals surface area contributed by atoms with Crippen molar-refractivity contribution in [2.75, 3.05) is 6.54 Å². The van der Waals surface area contributed by atoms with Crippen molar-refractivity contribution >= 4 is 11.0 Å². The van der Waals surface area contributed by atoms with Crippen molar-refractivity contribution in [1.82, 2.24) is 14.9 Å². The zero-order chi connectivity index (χ0) is 11.8. The van der Waals surface area contributed by atoms with E-state index in [9.17, 15) is 0 Å². The van der Waals surface area contributed by atoms with Crippen LogP contribution in [0.4, 0.5) is 0 Å². The molecule has 3 heteroatoms. The van der Waals surface area contributed by atoms with Gasteiger partial charge in [0.2, 0.25) is 0 Å². The van der Waals surface area contributed by atoms with E-state index in [0.29, 0.717) is 6.04 Å². The molecule has 2 heterocycles. The Kier molecular flexibility index (Phi) is 2.63. The van der Waals surface area contributed by atoms with Crippen molar-refractivity contribution in [2.45, 2.75) is 32.2 Å². The number of aromatic nitrogens is 2. The normalized spacial score (nSPS) is 20.2. The zero-order valence-corrected chi connectivity index (χ0v) is 10.5. The van der Waals surface area contributed by atoms with Gasteiger partial charge in [-0.2, -0.15) is 0 Å². The molecule has 1 aliphatic rings. The molecule has 90 valence electrons. The standard InChI is InChI=1S/C14H19N3/c1-3-10-6-7-11-13(9-10)17(2)14(16-11)12-5-4-8-15-12/h6-7,9,12,15H,3-5,8H2,1-2H3. The Morgan fingerprint density at radius 3 is 3.06 bits per heavy atom. The molecule has 2 aromatic rings. The molecule has 0 radical (unpaired) electrons. The summed E-state index contributed by atoms with van der Waals surface area (Å²) in [7, 11) is 2.13. The molecular formula is C14H19N3. The number of hydrogen-bond acceptors (Lipinski definition) is 2. The summed E-state index contributed by atoms with van der Waals surface area (Å²) in [5.74, 6) is 1.19. The highest BCUT2D eigenvalue weighted by atomic mass is 15.1. The van der Waals surface area contributed by atoms with Gasteiger partial charge in [0, 0.05) is 7.05 Å². The van der Waals surface area contributed by atoms with Gasteiger partial charge in [0.25, 0.3) is 0 Å². The molecule has 1 aromatic carbocycles. The summed E-state index contributed by atoms with van der Waals surface area (Å²) >= 11 is 0. The highest BCUT2D eigenvalue weighted by Gasteiger charge is 2.21. The minimum Gasteiger partial charge on any atom is -0.330 e. The minimum absolute atomic E-state index is 0.442. The average Bonchev–Trinajstić information content (AvgIpc) is 2.97. The Bertz CT molecular complexity index is 536. The fraction of sp³-hybridized carbons (Fsp3) is 0.500. The first-order valence-electron chi connectivity index (χ1n) is 6.48. The summed E-state index contributed by atoms with van der Waals surface area (Å²) < 4.78 is 2.25. The van der Waals surface area contributed by atoms with Crippen molar-refractivity contribution in [3.63, 3.8) is 0 Å². The molecule has 1 unspecified atom stereocenters. The SMILES string of the molecule is CCc1ccc2nc(C3CCCN3)n(C)c2c1. The quantitative estimate of drug-likeness (QED) is 0.857. The number of hydrogen-bond donors (Lipinski definition) is 1. The Morgan fingerprint density at radius 2 is 2.35 bits per heavy atom. The monoisotopic (exact) mass is 229 g/mol. The Balaban J connectivity index is 2.11. The van der Waals surface area contributed by atoms with Gasteiger partial charge in [-0.15, -0.1) is 0 Å². The molecule has 0 amide bonds. The molecule has 1 atom stereocenters. The smallest absolute Gasteiger partial charge is 0.126 e. The Labute approximate surface area is 102 Å². The second kappa shape index (κ2) is 4.15. The van der Waals surface area contributed by atoms with E-state index in [0.717, 1.165) is 18.5 Å². The minimum atomic E-state index is 0.442. The third-order valence-electron chi connectivity index (χ3n) is 3.76. The van der Waals surface area contributed by atoms with E-state index in [2.05, 4.69) is 42.1 Å². The van der Waals surface area contributed by atoms with Gasteiger partial charge in [-0.3, -0.25) is 0 Å². The number of benzene rings is 1. The maximum atomic E-state index is 4.77. The first-order chi connectivity index (χ1) is 8.29. The molecule has 0 bridgehead atoms. The molecule has 1 fully saturated rings. The van der Waals surface area contributed by atoms with E-state index in [4.69, 9.17) is 4.98 Å². The maximum absolute atomic E-state index is 4.77. The van der Waals surface area contributed by atoms with Crippen LogP contribution in [-0.2, 0) is 13.5 Å². The number of imidazole rings is 1. The van der Waals surface area contributed by atoms with Crippen molar-refractivity contribution < 1.29 is 0 Å². The summed E-state index contributed by atoms with van der Waals surface area (Å²) in [5, 5.41) is 3.52. The van der Waals surface area contributed by atoms with Crippen LogP contribution in [0.2, 0.25) is 0 Å². The maximum Gasteiger partial charge on any atom is 0.126 e. The third kappa shape index (κ3) is 1.75. The van der Waals surface area contributed by atoms with Crippen molar-refractivity contribution in [2.24, 2.45) is 7.05 Å². The van der Waals surface area contributed by atoms with E-state index < -0.39 is 0 Å². The average molecular weight is 229 g/mol. The van der Waals surface area contributed by atoms with Gasteiger partial charge in [-0.05, 0) is 43.5 Å². The summed E-state index contributed by atoms with van der Waals surface area (Å²) in [6.45, 7) is 3.31. The van der Waals surface area contributed by atoms with Crippen LogP contribution in [0.25, 0.3) is 11.0 Å². The molecule has 17 heavy (non-hydrogen) atoms. The molecule has 0 aliphatic carbocycles. The first-order valence-corrected chi connectivity index (χ1v) is 6.48. The van der Waals surface area contributed by atoms with Gasteiger partial charge < -0.3 is 9.88 Å². The van der Waals surface area contributed by atoms with E-state index in [1.165, 1.54) is 29.7 Å². The second-order valence-corrected chi connectivity index (χ2v) is 4.85. The van der Waals surface area contributed by atoms with Crippen molar-refractivity contribution in [3.05, 3.63) is 29.6 Å². The van der Waals surface area contributed by atoms with Crippen LogP contribution < -0.4 is 5.32 Å². The fourth-order valence-electron chi connectivity index (χ4n) is 2.69. The molecule has 1 N–H and O–H groups in total.